The predicted octanol–water partition coefficient (Wildman–Crippen LogP) is 3.81. The zero-order valence-electron chi connectivity index (χ0n) is 10.2. The predicted molar refractivity (Wildman–Crippen MR) is 82.7 cm³/mol. The summed E-state index contributed by atoms with van der Waals surface area (Å²) >= 11 is 9.27. The second-order valence-electron chi connectivity index (χ2n) is 4.00. The lowest BCUT2D eigenvalue weighted by Crippen LogP contribution is -2.13. The molecule has 0 bridgehead atoms. The Morgan fingerprint density at radius 3 is 2.75 bits per heavy atom. The van der Waals surface area contributed by atoms with Crippen molar-refractivity contribution >= 4 is 44.8 Å². The number of carbonyl (C=O) groups excluding carboxylic acids is 1. The molecule has 0 aliphatic carbocycles. The maximum absolute atomic E-state index is 12.2. The molecule has 3 N–H and O–H groups in total. The molecule has 0 heterocycles. The summed E-state index contributed by atoms with van der Waals surface area (Å²) < 4.78 is 0.741. The van der Waals surface area contributed by atoms with Crippen LogP contribution in [0.1, 0.15) is 15.9 Å². The largest absolute Gasteiger partial charge is 0.399 e. The third-order valence-corrected chi connectivity index (χ3v) is 3.41. The molecular formula is C14H9BrClN3O. The minimum atomic E-state index is -0.391. The Bertz CT molecular complexity index is 725. The number of carbonyl (C=O) groups is 1. The van der Waals surface area contributed by atoms with Crippen molar-refractivity contribution in [2.45, 2.75) is 0 Å². The highest BCUT2D eigenvalue weighted by molar-refractivity contribution is 9.10. The molecule has 0 aliphatic rings. The first-order valence-corrected chi connectivity index (χ1v) is 6.74. The van der Waals surface area contributed by atoms with Gasteiger partial charge in [0.05, 0.1) is 21.8 Å². The van der Waals surface area contributed by atoms with Gasteiger partial charge in [-0.05, 0) is 36.4 Å². The fourth-order valence-corrected chi connectivity index (χ4v) is 2.19. The van der Waals surface area contributed by atoms with Gasteiger partial charge in [0.15, 0.2) is 0 Å². The van der Waals surface area contributed by atoms with Crippen LogP contribution >= 0.6 is 27.5 Å². The Kier molecular flexibility index (Phi) is 4.28. The van der Waals surface area contributed by atoms with Gasteiger partial charge in [0.1, 0.15) is 6.07 Å². The minimum Gasteiger partial charge on any atom is -0.399 e. The van der Waals surface area contributed by atoms with E-state index in [2.05, 4.69) is 21.2 Å². The first-order valence-electron chi connectivity index (χ1n) is 5.57. The minimum absolute atomic E-state index is 0.296. The SMILES string of the molecule is N#Cc1cc(N)ccc1NC(=O)c1cc(Br)ccc1Cl. The van der Waals surface area contributed by atoms with E-state index in [1.165, 1.54) is 6.07 Å². The number of hydrogen-bond acceptors (Lipinski definition) is 3. The molecule has 100 valence electrons. The molecule has 4 nitrogen and oxygen atoms in total. The Labute approximate surface area is 129 Å². The zero-order chi connectivity index (χ0) is 14.7. The standard InChI is InChI=1S/C14H9BrClN3O/c15-9-1-3-12(16)11(6-9)14(20)19-13-4-2-10(18)5-8(13)7-17/h1-6H,18H2,(H,19,20). The highest BCUT2D eigenvalue weighted by Crippen LogP contribution is 2.24. The molecule has 6 heteroatoms. The number of nitrogens with zero attached hydrogens (tertiary/aromatic N) is 1. The van der Waals surface area contributed by atoms with Gasteiger partial charge < -0.3 is 11.1 Å². The number of hydrogen-bond donors (Lipinski definition) is 2. The van der Waals surface area contributed by atoms with E-state index in [0.717, 1.165) is 4.47 Å². The van der Waals surface area contributed by atoms with Crippen molar-refractivity contribution in [1.29, 1.82) is 5.26 Å². The van der Waals surface area contributed by atoms with Crippen LogP contribution in [0, 0.1) is 11.3 Å². The van der Waals surface area contributed by atoms with E-state index in [4.69, 9.17) is 22.6 Å². The van der Waals surface area contributed by atoms with E-state index in [9.17, 15) is 4.79 Å². The van der Waals surface area contributed by atoms with Crippen LogP contribution in [0.25, 0.3) is 0 Å². The third-order valence-electron chi connectivity index (χ3n) is 2.59. The van der Waals surface area contributed by atoms with Crippen LogP contribution in [0.3, 0.4) is 0 Å². The highest BCUT2D eigenvalue weighted by Gasteiger charge is 2.13. The molecule has 2 rings (SSSR count). The number of nitriles is 1. The summed E-state index contributed by atoms with van der Waals surface area (Å²) in [5, 5.41) is 12.0. The molecule has 0 aliphatic heterocycles. The molecule has 0 spiro atoms. The van der Waals surface area contributed by atoms with E-state index in [1.54, 1.807) is 30.3 Å². The molecule has 0 radical (unpaired) electrons. The van der Waals surface area contributed by atoms with Crippen LogP contribution in [-0.4, -0.2) is 5.91 Å². The van der Waals surface area contributed by atoms with Crippen molar-refractivity contribution in [3.05, 3.63) is 57.0 Å². The Morgan fingerprint density at radius 2 is 2.05 bits per heavy atom. The topological polar surface area (TPSA) is 78.9 Å². The van der Waals surface area contributed by atoms with E-state index in [-0.39, 0.29) is 0 Å². The Balaban J connectivity index is 2.33. The number of nitrogens with two attached hydrogens (primary N) is 1. The summed E-state index contributed by atoms with van der Waals surface area (Å²) in [6.45, 7) is 0. The van der Waals surface area contributed by atoms with Crippen molar-refractivity contribution in [2.75, 3.05) is 11.1 Å². The third kappa shape index (κ3) is 3.10. The van der Waals surface area contributed by atoms with Gasteiger partial charge in [-0.2, -0.15) is 5.26 Å². The van der Waals surface area contributed by atoms with Crippen LogP contribution in [0.2, 0.25) is 5.02 Å². The van der Waals surface area contributed by atoms with Crippen LogP contribution in [-0.2, 0) is 0 Å². The molecule has 0 saturated heterocycles. The van der Waals surface area contributed by atoms with Gasteiger partial charge in [-0.25, -0.2) is 0 Å². The Hall–Kier alpha value is -2.03. The van der Waals surface area contributed by atoms with Crippen molar-refractivity contribution in [3.63, 3.8) is 0 Å². The molecule has 20 heavy (non-hydrogen) atoms. The fourth-order valence-electron chi connectivity index (χ4n) is 1.62. The second kappa shape index (κ2) is 5.95. The van der Waals surface area contributed by atoms with Gasteiger partial charge in [-0.3, -0.25) is 4.79 Å². The van der Waals surface area contributed by atoms with Crippen LogP contribution in [0.15, 0.2) is 40.9 Å². The van der Waals surface area contributed by atoms with Crippen LogP contribution in [0.5, 0.6) is 0 Å². The zero-order valence-corrected chi connectivity index (χ0v) is 12.5. The summed E-state index contributed by atoms with van der Waals surface area (Å²) in [5.74, 6) is -0.391. The van der Waals surface area contributed by atoms with Crippen molar-refractivity contribution in [2.24, 2.45) is 0 Å². The summed E-state index contributed by atoms with van der Waals surface area (Å²) in [7, 11) is 0. The normalized spacial score (nSPS) is 9.85. The van der Waals surface area contributed by atoms with Gasteiger partial charge in [0, 0.05) is 10.2 Å². The highest BCUT2D eigenvalue weighted by atomic mass is 79.9. The second-order valence-corrected chi connectivity index (χ2v) is 5.32. The summed E-state index contributed by atoms with van der Waals surface area (Å²) in [4.78, 5) is 12.2. The lowest BCUT2D eigenvalue weighted by molar-refractivity contribution is 0.102. The number of benzene rings is 2. The average Bonchev–Trinajstić information content (AvgIpc) is 2.43. The molecular weight excluding hydrogens is 342 g/mol. The first-order chi connectivity index (χ1) is 9.51. The van der Waals surface area contributed by atoms with Crippen LogP contribution < -0.4 is 11.1 Å². The lowest BCUT2D eigenvalue weighted by Gasteiger charge is -2.09. The number of nitrogen functional groups attached to an aromatic ring is 1. The molecule has 0 saturated carbocycles. The van der Waals surface area contributed by atoms with Crippen molar-refractivity contribution in [1.82, 2.24) is 0 Å². The van der Waals surface area contributed by atoms with Gasteiger partial charge in [0.25, 0.3) is 5.91 Å². The maximum atomic E-state index is 12.2. The lowest BCUT2D eigenvalue weighted by atomic mass is 10.1. The average molecular weight is 351 g/mol. The fraction of sp³-hybridized carbons (Fsp3) is 0. The van der Waals surface area contributed by atoms with E-state index >= 15 is 0 Å². The molecule has 0 aromatic heterocycles. The van der Waals surface area contributed by atoms with E-state index in [1.807, 2.05) is 6.07 Å². The van der Waals surface area contributed by atoms with Crippen molar-refractivity contribution < 1.29 is 4.79 Å². The monoisotopic (exact) mass is 349 g/mol. The van der Waals surface area contributed by atoms with Crippen molar-refractivity contribution in [3.8, 4) is 6.07 Å². The Morgan fingerprint density at radius 1 is 1.30 bits per heavy atom. The van der Waals surface area contributed by atoms with Gasteiger partial charge in [-0.1, -0.05) is 27.5 Å². The number of rotatable bonds is 2. The molecule has 2 aromatic carbocycles. The van der Waals surface area contributed by atoms with E-state index in [0.29, 0.717) is 27.5 Å². The number of halogens is 2. The number of anilines is 2. The molecule has 1 amide bonds. The summed E-state index contributed by atoms with van der Waals surface area (Å²) in [6, 6.07) is 11.6. The van der Waals surface area contributed by atoms with Gasteiger partial charge >= 0.3 is 0 Å². The van der Waals surface area contributed by atoms with Crippen LogP contribution in [0.4, 0.5) is 11.4 Å². The summed E-state index contributed by atoms with van der Waals surface area (Å²) in [6.07, 6.45) is 0. The molecule has 0 unspecified atom stereocenters. The number of nitrogens with one attached hydrogen (secondary N) is 1. The summed E-state index contributed by atoms with van der Waals surface area (Å²) in [5.41, 5.74) is 7.06. The van der Waals surface area contributed by atoms with Gasteiger partial charge in [-0.15, -0.1) is 0 Å². The molecule has 0 fully saturated rings. The smallest absolute Gasteiger partial charge is 0.257 e. The molecule has 0 atom stereocenters. The van der Waals surface area contributed by atoms with Gasteiger partial charge in [0.2, 0.25) is 0 Å². The maximum Gasteiger partial charge on any atom is 0.257 e. The first kappa shape index (κ1) is 14.4. The number of amides is 1. The molecule has 2 aromatic rings. The quantitative estimate of drug-likeness (QED) is 0.808. The van der Waals surface area contributed by atoms with E-state index < -0.39 is 5.91 Å².